The molecule has 1 fully saturated rings. The normalized spacial score (nSPS) is 16.7. The summed E-state index contributed by atoms with van der Waals surface area (Å²) >= 11 is 0. The van der Waals surface area contributed by atoms with Gasteiger partial charge in [0.1, 0.15) is 11.6 Å². The molecule has 3 nitrogen and oxygen atoms in total. The highest BCUT2D eigenvalue weighted by atomic mass is 19.1. The van der Waals surface area contributed by atoms with E-state index in [0.29, 0.717) is 24.0 Å². The van der Waals surface area contributed by atoms with E-state index in [2.05, 4.69) is 5.32 Å². The van der Waals surface area contributed by atoms with Crippen molar-refractivity contribution in [2.45, 2.75) is 30.9 Å². The SMILES string of the molecule is O=C(CC(O)c1cccc(F)c1)NC1(c2ccccc2F)CC1. The second-order valence-electron chi connectivity index (χ2n) is 5.89. The highest BCUT2D eigenvalue weighted by Gasteiger charge is 2.47. The summed E-state index contributed by atoms with van der Waals surface area (Å²) in [5, 5.41) is 12.9. The zero-order valence-electron chi connectivity index (χ0n) is 12.4. The average molecular weight is 317 g/mol. The predicted molar refractivity (Wildman–Crippen MR) is 81.4 cm³/mol. The second kappa shape index (κ2) is 6.08. The molecule has 0 radical (unpaired) electrons. The van der Waals surface area contributed by atoms with Crippen molar-refractivity contribution in [1.29, 1.82) is 0 Å². The zero-order chi connectivity index (χ0) is 16.4. The summed E-state index contributed by atoms with van der Waals surface area (Å²) in [5.41, 5.74) is 0.133. The van der Waals surface area contributed by atoms with Crippen molar-refractivity contribution >= 4 is 5.91 Å². The maximum Gasteiger partial charge on any atom is 0.223 e. The van der Waals surface area contributed by atoms with E-state index in [0.717, 1.165) is 0 Å². The molecule has 1 amide bonds. The Morgan fingerprint density at radius 3 is 2.57 bits per heavy atom. The van der Waals surface area contributed by atoms with Crippen LogP contribution in [0.25, 0.3) is 0 Å². The molecule has 5 heteroatoms. The van der Waals surface area contributed by atoms with Crippen LogP contribution < -0.4 is 5.32 Å². The van der Waals surface area contributed by atoms with E-state index in [1.54, 1.807) is 24.3 Å². The number of hydrogen-bond acceptors (Lipinski definition) is 2. The maximum absolute atomic E-state index is 13.9. The highest BCUT2D eigenvalue weighted by molar-refractivity contribution is 5.78. The predicted octanol–water partition coefficient (Wildman–Crippen LogP) is 3.19. The molecule has 2 N–H and O–H groups in total. The van der Waals surface area contributed by atoms with Crippen molar-refractivity contribution in [2.75, 3.05) is 0 Å². The van der Waals surface area contributed by atoms with Crippen LogP contribution in [0.1, 0.15) is 36.5 Å². The minimum absolute atomic E-state index is 0.195. The Kier molecular flexibility index (Phi) is 4.13. The summed E-state index contributed by atoms with van der Waals surface area (Å²) in [6, 6.07) is 11.9. The number of benzene rings is 2. The number of carbonyl (C=O) groups excluding carboxylic acids is 1. The number of amides is 1. The molecule has 0 saturated heterocycles. The van der Waals surface area contributed by atoms with E-state index in [4.69, 9.17) is 0 Å². The molecule has 1 saturated carbocycles. The molecule has 0 aliphatic heterocycles. The Labute approximate surface area is 133 Å². The first-order valence-corrected chi connectivity index (χ1v) is 7.50. The van der Waals surface area contributed by atoms with Gasteiger partial charge in [0.05, 0.1) is 18.1 Å². The molecule has 1 unspecified atom stereocenters. The van der Waals surface area contributed by atoms with Gasteiger partial charge in [-0.2, -0.15) is 0 Å². The third kappa shape index (κ3) is 3.40. The molecule has 0 bridgehead atoms. The van der Waals surface area contributed by atoms with Crippen LogP contribution in [0.15, 0.2) is 48.5 Å². The third-order valence-corrected chi connectivity index (χ3v) is 4.13. The van der Waals surface area contributed by atoms with Crippen LogP contribution in [0, 0.1) is 11.6 Å². The Balaban J connectivity index is 1.67. The molecule has 23 heavy (non-hydrogen) atoms. The number of halogens is 2. The van der Waals surface area contributed by atoms with Gasteiger partial charge in [-0.25, -0.2) is 8.78 Å². The largest absolute Gasteiger partial charge is 0.388 e. The maximum atomic E-state index is 13.9. The standard InChI is InChI=1S/C18H17F2NO2/c19-13-5-3-4-12(10-13)16(22)11-17(23)21-18(8-9-18)14-6-1-2-7-15(14)20/h1-7,10,16,22H,8-9,11H2,(H,21,23). The number of carbonyl (C=O) groups is 1. The number of aliphatic hydroxyl groups is 1. The molecule has 3 rings (SSSR count). The van der Waals surface area contributed by atoms with Gasteiger partial charge in [-0.15, -0.1) is 0 Å². The molecule has 1 aliphatic carbocycles. The number of hydrogen-bond donors (Lipinski definition) is 2. The summed E-state index contributed by atoms with van der Waals surface area (Å²) in [6.45, 7) is 0. The van der Waals surface area contributed by atoms with E-state index in [1.807, 2.05) is 0 Å². The lowest BCUT2D eigenvalue weighted by Crippen LogP contribution is -2.36. The van der Waals surface area contributed by atoms with Crippen LogP contribution in [0.2, 0.25) is 0 Å². The number of aliphatic hydroxyl groups excluding tert-OH is 1. The summed E-state index contributed by atoms with van der Waals surface area (Å²) in [4.78, 5) is 12.2. The minimum Gasteiger partial charge on any atom is -0.388 e. The Hall–Kier alpha value is -2.27. The topological polar surface area (TPSA) is 49.3 Å². The fraction of sp³-hybridized carbons (Fsp3) is 0.278. The van der Waals surface area contributed by atoms with Gasteiger partial charge >= 0.3 is 0 Å². The van der Waals surface area contributed by atoms with Crippen LogP contribution in [0.3, 0.4) is 0 Å². The van der Waals surface area contributed by atoms with Gasteiger partial charge in [0.25, 0.3) is 0 Å². The van der Waals surface area contributed by atoms with Crippen LogP contribution in [-0.4, -0.2) is 11.0 Å². The van der Waals surface area contributed by atoms with Gasteiger partial charge in [-0.1, -0.05) is 30.3 Å². The molecular formula is C18H17F2NO2. The first-order valence-electron chi connectivity index (χ1n) is 7.50. The highest BCUT2D eigenvalue weighted by Crippen LogP contribution is 2.46. The van der Waals surface area contributed by atoms with Gasteiger partial charge in [0.2, 0.25) is 5.91 Å². The van der Waals surface area contributed by atoms with Gasteiger partial charge in [0, 0.05) is 5.56 Å². The van der Waals surface area contributed by atoms with Gasteiger partial charge in [-0.3, -0.25) is 4.79 Å². The fourth-order valence-electron chi connectivity index (χ4n) is 2.76. The lowest BCUT2D eigenvalue weighted by Gasteiger charge is -2.20. The molecule has 0 heterocycles. The monoisotopic (exact) mass is 317 g/mol. The van der Waals surface area contributed by atoms with Gasteiger partial charge < -0.3 is 10.4 Å². The van der Waals surface area contributed by atoms with Gasteiger partial charge in [-0.05, 0) is 36.6 Å². The minimum atomic E-state index is -1.10. The van der Waals surface area contributed by atoms with Gasteiger partial charge in [0.15, 0.2) is 0 Å². The number of rotatable bonds is 5. The lowest BCUT2D eigenvalue weighted by molar-refractivity contribution is -0.124. The first-order chi connectivity index (χ1) is 11.0. The average Bonchev–Trinajstić information content (AvgIpc) is 3.28. The van der Waals surface area contributed by atoms with E-state index >= 15 is 0 Å². The molecule has 2 aromatic carbocycles. The van der Waals surface area contributed by atoms with Crippen molar-refractivity contribution < 1.29 is 18.7 Å². The molecule has 0 spiro atoms. The van der Waals surface area contributed by atoms with E-state index in [9.17, 15) is 18.7 Å². The van der Waals surface area contributed by atoms with Crippen LogP contribution in [0.4, 0.5) is 8.78 Å². The summed E-state index contributed by atoms with van der Waals surface area (Å²) in [7, 11) is 0. The van der Waals surface area contributed by atoms with Crippen molar-refractivity contribution in [3.05, 3.63) is 71.3 Å². The number of nitrogens with one attached hydrogen (secondary N) is 1. The van der Waals surface area contributed by atoms with E-state index in [1.165, 1.54) is 24.3 Å². The molecule has 120 valence electrons. The van der Waals surface area contributed by atoms with Crippen molar-refractivity contribution in [2.24, 2.45) is 0 Å². The Morgan fingerprint density at radius 2 is 1.91 bits per heavy atom. The fourth-order valence-corrected chi connectivity index (χ4v) is 2.76. The molecule has 0 aromatic heterocycles. The second-order valence-corrected chi connectivity index (χ2v) is 5.89. The molecule has 2 aromatic rings. The quantitative estimate of drug-likeness (QED) is 0.890. The first kappa shape index (κ1) is 15.6. The van der Waals surface area contributed by atoms with Crippen LogP contribution in [-0.2, 0) is 10.3 Å². The van der Waals surface area contributed by atoms with Crippen molar-refractivity contribution in [3.63, 3.8) is 0 Å². The van der Waals surface area contributed by atoms with Crippen LogP contribution in [0.5, 0.6) is 0 Å². The summed E-state index contributed by atoms with van der Waals surface area (Å²) < 4.78 is 27.1. The van der Waals surface area contributed by atoms with Crippen molar-refractivity contribution in [3.8, 4) is 0 Å². The van der Waals surface area contributed by atoms with E-state index < -0.39 is 17.5 Å². The lowest BCUT2D eigenvalue weighted by atomic mass is 10.0. The Bertz CT molecular complexity index is 728. The van der Waals surface area contributed by atoms with Crippen molar-refractivity contribution in [1.82, 2.24) is 5.32 Å². The molecule has 1 aliphatic rings. The molecular weight excluding hydrogens is 300 g/mol. The van der Waals surface area contributed by atoms with E-state index in [-0.39, 0.29) is 18.1 Å². The smallest absolute Gasteiger partial charge is 0.223 e. The molecule has 1 atom stereocenters. The zero-order valence-corrected chi connectivity index (χ0v) is 12.4. The van der Waals surface area contributed by atoms with Crippen LogP contribution >= 0.6 is 0 Å². The third-order valence-electron chi connectivity index (χ3n) is 4.13. The summed E-state index contributed by atoms with van der Waals surface area (Å²) in [5.74, 6) is -1.20. The summed E-state index contributed by atoms with van der Waals surface area (Å²) in [6.07, 6.45) is 0.0348. The Morgan fingerprint density at radius 1 is 1.17 bits per heavy atom.